The van der Waals surface area contributed by atoms with E-state index in [1.165, 1.54) is 0 Å². The molecule has 1 saturated heterocycles. The van der Waals surface area contributed by atoms with Gasteiger partial charge in [-0.25, -0.2) is 0 Å². The molecule has 1 atom stereocenters. The van der Waals surface area contributed by atoms with Gasteiger partial charge in [-0.2, -0.15) is 0 Å². The molecule has 1 unspecified atom stereocenters. The third-order valence-corrected chi connectivity index (χ3v) is 5.53. The molecule has 3 amide bonds. The maximum Gasteiger partial charge on any atom is 0.229 e. The number of aryl methyl sites for hydroxylation is 1. The third kappa shape index (κ3) is 4.78. The zero-order chi connectivity index (χ0) is 21.2. The first kappa shape index (κ1) is 21.3. The van der Waals surface area contributed by atoms with Crippen molar-refractivity contribution < 1.29 is 19.1 Å². The number of carbonyl (C=O) groups is 3. The van der Waals surface area contributed by atoms with Gasteiger partial charge in [-0.05, 0) is 43.0 Å². The van der Waals surface area contributed by atoms with E-state index in [1.807, 2.05) is 43.9 Å². The molecule has 0 aliphatic carbocycles. The number of nitrogens with zero attached hydrogens (tertiary/aromatic N) is 2. The van der Waals surface area contributed by atoms with E-state index < -0.39 is 5.41 Å². The van der Waals surface area contributed by atoms with Gasteiger partial charge in [0, 0.05) is 43.4 Å². The molecule has 2 aliphatic rings. The van der Waals surface area contributed by atoms with Crippen LogP contribution in [0.5, 0.6) is 0 Å². The highest BCUT2D eigenvalue weighted by Gasteiger charge is 2.33. The third-order valence-electron chi connectivity index (χ3n) is 5.53. The van der Waals surface area contributed by atoms with E-state index in [9.17, 15) is 14.4 Å². The average Bonchev–Trinajstić information content (AvgIpc) is 2.69. The van der Waals surface area contributed by atoms with Crippen molar-refractivity contribution >= 4 is 29.1 Å². The van der Waals surface area contributed by atoms with Crippen molar-refractivity contribution in [3.05, 3.63) is 23.8 Å². The zero-order valence-corrected chi connectivity index (χ0v) is 17.8. The van der Waals surface area contributed by atoms with E-state index in [1.54, 1.807) is 12.0 Å². The van der Waals surface area contributed by atoms with Gasteiger partial charge in [0.2, 0.25) is 17.7 Å². The van der Waals surface area contributed by atoms with Crippen molar-refractivity contribution in [2.24, 2.45) is 11.3 Å². The molecule has 0 bridgehead atoms. The number of hydrogen-bond acceptors (Lipinski definition) is 4. The van der Waals surface area contributed by atoms with Crippen LogP contribution in [-0.4, -0.2) is 49.6 Å². The lowest BCUT2D eigenvalue weighted by Crippen LogP contribution is -2.47. The van der Waals surface area contributed by atoms with Gasteiger partial charge < -0.3 is 15.0 Å². The summed E-state index contributed by atoms with van der Waals surface area (Å²) >= 11 is 0. The van der Waals surface area contributed by atoms with Crippen LogP contribution in [0.2, 0.25) is 0 Å². The Bertz CT molecular complexity index is 800. The summed E-state index contributed by atoms with van der Waals surface area (Å²) in [6.07, 6.45) is 2.69. The number of rotatable bonds is 4. The van der Waals surface area contributed by atoms with Gasteiger partial charge in [0.25, 0.3) is 0 Å². The second kappa shape index (κ2) is 8.53. The van der Waals surface area contributed by atoms with E-state index in [0.717, 1.165) is 29.8 Å². The first-order chi connectivity index (χ1) is 13.7. The molecule has 158 valence electrons. The number of methoxy groups -OCH3 is 1. The predicted molar refractivity (Wildman–Crippen MR) is 112 cm³/mol. The lowest BCUT2D eigenvalue weighted by Gasteiger charge is -2.36. The average molecular weight is 402 g/mol. The smallest absolute Gasteiger partial charge is 0.229 e. The topological polar surface area (TPSA) is 79.0 Å². The molecule has 1 fully saturated rings. The van der Waals surface area contributed by atoms with Crippen LogP contribution in [0.1, 0.15) is 45.6 Å². The number of benzene rings is 1. The summed E-state index contributed by atoms with van der Waals surface area (Å²) in [5.41, 5.74) is 2.13. The summed E-state index contributed by atoms with van der Waals surface area (Å²) in [5.74, 6) is -0.136. The Morgan fingerprint density at radius 1 is 1.24 bits per heavy atom. The van der Waals surface area contributed by atoms with Crippen molar-refractivity contribution in [3.63, 3.8) is 0 Å². The Morgan fingerprint density at radius 2 is 2.00 bits per heavy atom. The maximum absolute atomic E-state index is 12.8. The molecule has 7 heteroatoms. The molecule has 2 aliphatic heterocycles. The van der Waals surface area contributed by atoms with E-state index in [0.29, 0.717) is 25.9 Å². The number of anilines is 2. The highest BCUT2D eigenvalue weighted by Crippen LogP contribution is 2.31. The highest BCUT2D eigenvalue weighted by atomic mass is 16.5. The van der Waals surface area contributed by atoms with Crippen LogP contribution in [-0.2, 0) is 25.5 Å². The first-order valence-corrected chi connectivity index (χ1v) is 10.2. The Hall–Kier alpha value is -2.41. The summed E-state index contributed by atoms with van der Waals surface area (Å²) in [4.78, 5) is 41.0. The fourth-order valence-electron chi connectivity index (χ4n) is 4.00. The second-order valence-electron chi connectivity index (χ2n) is 8.91. The van der Waals surface area contributed by atoms with Gasteiger partial charge in [0.15, 0.2) is 0 Å². The molecule has 0 aromatic heterocycles. The first-order valence-electron chi connectivity index (χ1n) is 10.2. The summed E-state index contributed by atoms with van der Waals surface area (Å²) in [5, 5.41) is 3.01. The van der Waals surface area contributed by atoms with E-state index in [-0.39, 0.29) is 30.4 Å². The molecule has 0 saturated carbocycles. The molecule has 29 heavy (non-hydrogen) atoms. The van der Waals surface area contributed by atoms with Crippen molar-refractivity contribution in [3.8, 4) is 0 Å². The van der Waals surface area contributed by atoms with Crippen molar-refractivity contribution in [1.29, 1.82) is 0 Å². The standard InChI is InChI=1S/C22H31N3O4/c1-22(2,3)21(28)24-11-5-6-16(13-24)20(27)23-17-8-9-18-15(12-17)7-10-19(26)25(18)14-29-4/h8-9,12,16H,5-7,10-11,13-14H2,1-4H3,(H,23,27). The number of piperidine rings is 1. The number of fused-ring (bicyclic) bond motifs is 1. The summed E-state index contributed by atoms with van der Waals surface area (Å²) < 4.78 is 5.14. The van der Waals surface area contributed by atoms with Crippen LogP contribution >= 0.6 is 0 Å². The number of carbonyl (C=O) groups excluding carboxylic acids is 3. The lowest BCUT2D eigenvalue weighted by atomic mass is 9.91. The predicted octanol–water partition coefficient (Wildman–Crippen LogP) is 2.79. The van der Waals surface area contributed by atoms with Crippen LogP contribution in [0.15, 0.2) is 18.2 Å². The van der Waals surface area contributed by atoms with Crippen molar-refractivity contribution in [1.82, 2.24) is 4.90 Å². The SMILES string of the molecule is COCN1C(=O)CCc2cc(NC(=O)C3CCCN(C(=O)C(C)(C)C)C3)ccc21. The zero-order valence-electron chi connectivity index (χ0n) is 17.8. The number of likely N-dealkylation sites (tertiary alicyclic amines) is 1. The highest BCUT2D eigenvalue weighted by molar-refractivity contribution is 5.98. The second-order valence-corrected chi connectivity index (χ2v) is 8.91. The Kier molecular flexibility index (Phi) is 6.27. The molecular formula is C22H31N3O4. The minimum atomic E-state index is -0.442. The van der Waals surface area contributed by atoms with E-state index >= 15 is 0 Å². The maximum atomic E-state index is 12.8. The van der Waals surface area contributed by atoms with Crippen LogP contribution in [0.25, 0.3) is 0 Å². The number of ether oxygens (including phenoxy) is 1. The molecule has 0 radical (unpaired) electrons. The Balaban J connectivity index is 1.68. The van der Waals surface area contributed by atoms with Gasteiger partial charge in [-0.15, -0.1) is 0 Å². The van der Waals surface area contributed by atoms with Gasteiger partial charge in [0.05, 0.1) is 5.92 Å². The molecule has 3 rings (SSSR count). The van der Waals surface area contributed by atoms with Gasteiger partial charge >= 0.3 is 0 Å². The lowest BCUT2D eigenvalue weighted by molar-refractivity contribution is -0.142. The Labute approximate surface area is 172 Å². The fraction of sp³-hybridized carbons (Fsp3) is 0.591. The van der Waals surface area contributed by atoms with E-state index in [2.05, 4.69) is 5.32 Å². The number of hydrogen-bond donors (Lipinski definition) is 1. The molecule has 2 heterocycles. The summed E-state index contributed by atoms with van der Waals surface area (Å²) in [6, 6.07) is 5.61. The van der Waals surface area contributed by atoms with Crippen molar-refractivity contribution in [2.75, 3.05) is 37.1 Å². The van der Waals surface area contributed by atoms with Crippen LogP contribution in [0.3, 0.4) is 0 Å². The fourth-order valence-corrected chi connectivity index (χ4v) is 4.00. The molecule has 0 spiro atoms. The van der Waals surface area contributed by atoms with Gasteiger partial charge in [0.1, 0.15) is 6.73 Å². The monoisotopic (exact) mass is 401 g/mol. The quantitative estimate of drug-likeness (QED) is 0.841. The molecular weight excluding hydrogens is 370 g/mol. The largest absolute Gasteiger partial charge is 0.364 e. The molecule has 1 N–H and O–H groups in total. The Morgan fingerprint density at radius 3 is 2.69 bits per heavy atom. The van der Waals surface area contributed by atoms with E-state index in [4.69, 9.17) is 4.74 Å². The van der Waals surface area contributed by atoms with Gasteiger partial charge in [-0.3, -0.25) is 19.3 Å². The molecule has 7 nitrogen and oxygen atoms in total. The minimum absolute atomic E-state index is 0.0435. The summed E-state index contributed by atoms with van der Waals surface area (Å²) in [6.45, 7) is 7.11. The van der Waals surface area contributed by atoms with Crippen LogP contribution in [0, 0.1) is 11.3 Å². The summed E-state index contributed by atoms with van der Waals surface area (Å²) in [7, 11) is 1.56. The molecule has 1 aromatic rings. The molecule has 1 aromatic carbocycles. The van der Waals surface area contributed by atoms with Crippen LogP contribution < -0.4 is 10.2 Å². The number of amides is 3. The minimum Gasteiger partial charge on any atom is -0.364 e. The van der Waals surface area contributed by atoms with Gasteiger partial charge in [-0.1, -0.05) is 20.8 Å². The number of nitrogens with one attached hydrogen (secondary N) is 1. The normalized spacial score (nSPS) is 19.7. The van der Waals surface area contributed by atoms with Crippen molar-refractivity contribution in [2.45, 2.75) is 46.5 Å². The van der Waals surface area contributed by atoms with Crippen LogP contribution in [0.4, 0.5) is 11.4 Å².